The van der Waals surface area contributed by atoms with Crippen LogP contribution in [0.4, 0.5) is 0 Å². The first-order valence-corrected chi connectivity index (χ1v) is 8.96. The Morgan fingerprint density at radius 3 is 3.09 bits per heavy atom. The summed E-state index contributed by atoms with van der Waals surface area (Å²) in [4.78, 5) is 2.39. The van der Waals surface area contributed by atoms with Crippen LogP contribution in [0.1, 0.15) is 30.3 Å². The molecule has 1 aliphatic heterocycles. The van der Waals surface area contributed by atoms with Crippen molar-refractivity contribution in [2.75, 3.05) is 6.54 Å². The van der Waals surface area contributed by atoms with Crippen LogP contribution in [-0.4, -0.2) is 21.6 Å². The monoisotopic (exact) mass is 345 g/mol. The van der Waals surface area contributed by atoms with Crippen LogP contribution in [0.3, 0.4) is 0 Å². The van der Waals surface area contributed by atoms with Crippen molar-refractivity contribution in [1.82, 2.24) is 15.1 Å². The third kappa shape index (κ3) is 3.17. The molecule has 1 saturated heterocycles. The number of thiophene rings is 1. The fraction of sp³-hybridized carbons (Fsp3) is 0.294. The molecule has 1 aromatic carbocycles. The summed E-state index contributed by atoms with van der Waals surface area (Å²) in [6, 6.07) is 10.2. The highest BCUT2D eigenvalue weighted by atomic mass is 35.5. The molecule has 6 heteroatoms. The molecule has 0 aliphatic carbocycles. The number of aromatic nitrogens is 2. The Bertz CT molecular complexity index is 787. The third-order valence-corrected chi connectivity index (χ3v) is 5.05. The van der Waals surface area contributed by atoms with Crippen LogP contribution in [0.2, 0.25) is 5.02 Å². The molecular weight excluding hydrogens is 330 g/mol. The minimum atomic E-state index is 0.189. The Morgan fingerprint density at radius 2 is 2.26 bits per heavy atom. The quantitative estimate of drug-likeness (QED) is 0.681. The first-order chi connectivity index (χ1) is 11.3. The zero-order valence-corrected chi connectivity index (χ0v) is 14.1. The van der Waals surface area contributed by atoms with Gasteiger partial charge in [-0.05, 0) is 48.5 Å². The minimum absolute atomic E-state index is 0.189. The largest absolute Gasteiger partial charge is 0.419 e. The number of benzene rings is 1. The van der Waals surface area contributed by atoms with E-state index in [-0.39, 0.29) is 6.04 Å². The number of halogens is 1. The zero-order chi connectivity index (χ0) is 15.6. The minimum Gasteiger partial charge on any atom is -0.419 e. The zero-order valence-electron chi connectivity index (χ0n) is 12.5. The lowest BCUT2D eigenvalue weighted by atomic mass is 10.2. The van der Waals surface area contributed by atoms with Crippen molar-refractivity contribution in [2.45, 2.75) is 25.4 Å². The SMILES string of the molecule is Clc1cccc(CN2CCC[C@@H]2c2nnc(-c3ccsc3)o2)c1. The molecule has 0 saturated carbocycles. The second kappa shape index (κ2) is 6.43. The van der Waals surface area contributed by atoms with Crippen molar-refractivity contribution >= 4 is 22.9 Å². The predicted molar refractivity (Wildman–Crippen MR) is 91.4 cm³/mol. The highest BCUT2D eigenvalue weighted by Gasteiger charge is 2.30. The Balaban J connectivity index is 1.54. The van der Waals surface area contributed by atoms with Gasteiger partial charge in [-0.3, -0.25) is 4.90 Å². The van der Waals surface area contributed by atoms with Gasteiger partial charge in [-0.1, -0.05) is 23.7 Å². The molecular formula is C17H16ClN3OS. The third-order valence-electron chi connectivity index (χ3n) is 4.13. The highest BCUT2D eigenvalue weighted by Crippen LogP contribution is 2.34. The molecule has 0 radical (unpaired) electrons. The average Bonchev–Trinajstić information content (AvgIpc) is 3.28. The van der Waals surface area contributed by atoms with Crippen molar-refractivity contribution in [1.29, 1.82) is 0 Å². The standard InChI is InChI=1S/C17H16ClN3OS/c18-14-4-1-3-12(9-14)10-21-7-2-5-15(21)17-20-19-16(22-17)13-6-8-23-11-13/h1,3-4,6,8-9,11,15H,2,5,7,10H2/t15-/m1/s1. The average molecular weight is 346 g/mol. The molecule has 0 N–H and O–H groups in total. The topological polar surface area (TPSA) is 42.2 Å². The Kier molecular flexibility index (Phi) is 4.16. The molecule has 0 bridgehead atoms. The molecule has 0 amide bonds. The van der Waals surface area contributed by atoms with Gasteiger partial charge in [0.15, 0.2) is 0 Å². The van der Waals surface area contributed by atoms with E-state index < -0.39 is 0 Å². The van der Waals surface area contributed by atoms with Crippen LogP contribution < -0.4 is 0 Å². The van der Waals surface area contributed by atoms with Crippen LogP contribution in [0, 0.1) is 0 Å². The van der Waals surface area contributed by atoms with E-state index in [9.17, 15) is 0 Å². The van der Waals surface area contributed by atoms with E-state index in [0.29, 0.717) is 11.8 Å². The molecule has 3 heterocycles. The van der Waals surface area contributed by atoms with Gasteiger partial charge in [-0.2, -0.15) is 11.3 Å². The van der Waals surface area contributed by atoms with Crippen molar-refractivity contribution in [2.24, 2.45) is 0 Å². The fourth-order valence-electron chi connectivity index (χ4n) is 3.04. The lowest BCUT2D eigenvalue weighted by molar-refractivity contribution is 0.215. The first kappa shape index (κ1) is 14.9. The summed E-state index contributed by atoms with van der Waals surface area (Å²) in [5.74, 6) is 1.32. The number of hydrogen-bond donors (Lipinski definition) is 0. The molecule has 1 aliphatic rings. The molecule has 23 heavy (non-hydrogen) atoms. The molecule has 0 unspecified atom stereocenters. The van der Waals surface area contributed by atoms with Crippen molar-refractivity contribution < 1.29 is 4.42 Å². The number of likely N-dealkylation sites (tertiary alicyclic amines) is 1. The smallest absolute Gasteiger partial charge is 0.248 e. The second-order valence-electron chi connectivity index (χ2n) is 5.72. The maximum absolute atomic E-state index is 6.09. The van der Waals surface area contributed by atoms with Crippen molar-refractivity contribution in [3.05, 3.63) is 57.6 Å². The normalized spacial score (nSPS) is 18.6. The Morgan fingerprint density at radius 1 is 1.30 bits per heavy atom. The van der Waals surface area contributed by atoms with Gasteiger partial charge >= 0.3 is 0 Å². The summed E-state index contributed by atoms with van der Waals surface area (Å²) < 4.78 is 5.92. The van der Waals surface area contributed by atoms with Gasteiger partial charge in [0.25, 0.3) is 0 Å². The van der Waals surface area contributed by atoms with Gasteiger partial charge in [-0.15, -0.1) is 10.2 Å². The fourth-order valence-corrected chi connectivity index (χ4v) is 3.88. The molecule has 4 rings (SSSR count). The molecule has 4 nitrogen and oxygen atoms in total. The first-order valence-electron chi connectivity index (χ1n) is 7.64. The highest BCUT2D eigenvalue weighted by molar-refractivity contribution is 7.08. The number of rotatable bonds is 4. The van der Waals surface area contributed by atoms with E-state index in [1.807, 2.05) is 35.0 Å². The van der Waals surface area contributed by atoms with E-state index >= 15 is 0 Å². The second-order valence-corrected chi connectivity index (χ2v) is 6.93. The molecule has 118 valence electrons. The van der Waals surface area contributed by atoms with Crippen molar-refractivity contribution in [3.8, 4) is 11.5 Å². The van der Waals surface area contributed by atoms with Crippen LogP contribution >= 0.6 is 22.9 Å². The maximum atomic E-state index is 6.09. The van der Waals surface area contributed by atoms with Gasteiger partial charge in [0.05, 0.1) is 6.04 Å². The molecule has 1 fully saturated rings. The van der Waals surface area contributed by atoms with E-state index in [0.717, 1.165) is 36.5 Å². The van der Waals surface area contributed by atoms with E-state index in [1.165, 1.54) is 5.56 Å². The van der Waals surface area contributed by atoms with Crippen molar-refractivity contribution in [3.63, 3.8) is 0 Å². The van der Waals surface area contributed by atoms with E-state index in [4.69, 9.17) is 16.0 Å². The van der Waals surface area contributed by atoms with E-state index in [2.05, 4.69) is 21.2 Å². The maximum Gasteiger partial charge on any atom is 0.248 e. The summed E-state index contributed by atoms with van der Waals surface area (Å²) >= 11 is 7.71. The molecule has 3 aromatic rings. The molecule has 2 aromatic heterocycles. The van der Waals surface area contributed by atoms with Gasteiger partial charge in [0.2, 0.25) is 11.8 Å². The van der Waals surface area contributed by atoms with Crippen LogP contribution in [0.5, 0.6) is 0 Å². The van der Waals surface area contributed by atoms with Gasteiger partial charge in [-0.25, -0.2) is 0 Å². The van der Waals surface area contributed by atoms with Crippen LogP contribution in [0.25, 0.3) is 11.5 Å². The van der Waals surface area contributed by atoms with Crippen LogP contribution in [-0.2, 0) is 6.54 Å². The predicted octanol–water partition coefficient (Wildman–Crippen LogP) is 4.79. The lowest BCUT2D eigenvalue weighted by Crippen LogP contribution is -2.23. The van der Waals surface area contributed by atoms with Gasteiger partial charge in [0, 0.05) is 22.5 Å². The van der Waals surface area contributed by atoms with Crippen LogP contribution in [0.15, 0.2) is 45.5 Å². The molecule has 0 spiro atoms. The lowest BCUT2D eigenvalue weighted by Gasteiger charge is -2.21. The van der Waals surface area contributed by atoms with Gasteiger partial charge < -0.3 is 4.42 Å². The Hall–Kier alpha value is -1.69. The summed E-state index contributed by atoms with van der Waals surface area (Å²) in [6.07, 6.45) is 2.19. The van der Waals surface area contributed by atoms with Gasteiger partial charge in [0.1, 0.15) is 0 Å². The summed E-state index contributed by atoms with van der Waals surface area (Å²) in [5.41, 5.74) is 2.20. The Labute approximate surface area is 143 Å². The summed E-state index contributed by atoms with van der Waals surface area (Å²) in [6.45, 7) is 1.88. The summed E-state index contributed by atoms with van der Waals surface area (Å²) in [7, 11) is 0. The molecule has 1 atom stereocenters. The van der Waals surface area contributed by atoms with E-state index in [1.54, 1.807) is 11.3 Å². The summed E-state index contributed by atoms with van der Waals surface area (Å²) in [5, 5.41) is 13.3. The number of nitrogens with zero attached hydrogens (tertiary/aromatic N) is 3. The number of hydrogen-bond acceptors (Lipinski definition) is 5.